The molecular weight excluding hydrogens is 344 g/mol. The highest BCUT2D eigenvalue weighted by Crippen LogP contribution is 2.29. The van der Waals surface area contributed by atoms with Gasteiger partial charge in [0.2, 0.25) is 0 Å². The van der Waals surface area contributed by atoms with Crippen LogP contribution in [0, 0.1) is 0 Å². The number of carbonyl (C=O) groups is 1. The average Bonchev–Trinajstić information content (AvgIpc) is 2.43. The number of hydrogen-bond acceptors (Lipinski definition) is 3. The van der Waals surface area contributed by atoms with E-state index < -0.39 is 0 Å². The molecule has 0 fully saturated rings. The third-order valence-corrected chi connectivity index (χ3v) is 3.97. The molecule has 0 unspecified atom stereocenters. The van der Waals surface area contributed by atoms with Gasteiger partial charge < -0.3 is 15.8 Å². The lowest BCUT2D eigenvalue weighted by Gasteiger charge is -2.11. The van der Waals surface area contributed by atoms with Crippen molar-refractivity contribution in [3.05, 3.63) is 51.5 Å². The smallest absolute Gasteiger partial charge is 0.257 e. The second-order valence-electron chi connectivity index (χ2n) is 4.02. The Morgan fingerprint density at radius 3 is 2.80 bits per heavy atom. The molecule has 104 valence electrons. The fraction of sp³-hybridized carbons (Fsp3) is 0.0714. The van der Waals surface area contributed by atoms with Crippen LogP contribution in [0.1, 0.15) is 10.4 Å². The Kier molecular flexibility index (Phi) is 4.52. The molecule has 0 spiro atoms. The summed E-state index contributed by atoms with van der Waals surface area (Å²) in [6, 6.07) is 10.1. The standard InChI is InChI=1S/C14H12BrClN2O2/c1-20-12-7-8(17)5-6-11(12)18-14(19)9-3-2-4-10(15)13(9)16/h2-7H,17H2,1H3,(H,18,19). The van der Waals surface area contributed by atoms with E-state index in [1.165, 1.54) is 7.11 Å². The molecule has 1 amide bonds. The summed E-state index contributed by atoms with van der Waals surface area (Å²) in [5, 5.41) is 3.11. The quantitative estimate of drug-likeness (QED) is 0.820. The molecule has 20 heavy (non-hydrogen) atoms. The van der Waals surface area contributed by atoms with Gasteiger partial charge in [-0.25, -0.2) is 0 Å². The molecule has 0 heterocycles. The number of anilines is 2. The molecule has 3 N–H and O–H groups in total. The van der Waals surface area contributed by atoms with Gasteiger partial charge in [0.1, 0.15) is 5.75 Å². The van der Waals surface area contributed by atoms with Crippen LogP contribution in [0.15, 0.2) is 40.9 Å². The zero-order valence-corrected chi connectivity index (χ0v) is 13.0. The van der Waals surface area contributed by atoms with E-state index in [4.69, 9.17) is 22.1 Å². The summed E-state index contributed by atoms with van der Waals surface area (Å²) < 4.78 is 5.84. The number of benzene rings is 2. The number of carbonyl (C=O) groups excluding carboxylic acids is 1. The van der Waals surface area contributed by atoms with E-state index >= 15 is 0 Å². The third kappa shape index (κ3) is 3.05. The molecule has 0 saturated heterocycles. The van der Waals surface area contributed by atoms with Crippen LogP contribution in [0.25, 0.3) is 0 Å². The lowest BCUT2D eigenvalue weighted by molar-refractivity contribution is 0.102. The molecule has 0 saturated carbocycles. The van der Waals surface area contributed by atoms with Gasteiger partial charge in [0, 0.05) is 16.2 Å². The van der Waals surface area contributed by atoms with E-state index in [1.807, 2.05) is 0 Å². The maximum Gasteiger partial charge on any atom is 0.257 e. The Balaban J connectivity index is 2.30. The Morgan fingerprint density at radius 1 is 1.35 bits per heavy atom. The fourth-order valence-electron chi connectivity index (χ4n) is 1.68. The minimum atomic E-state index is -0.320. The van der Waals surface area contributed by atoms with Gasteiger partial charge in [-0.15, -0.1) is 0 Å². The number of hydrogen-bond donors (Lipinski definition) is 2. The molecule has 4 nitrogen and oxygen atoms in total. The van der Waals surface area contributed by atoms with Crippen molar-refractivity contribution in [3.63, 3.8) is 0 Å². The Hall–Kier alpha value is -1.72. The van der Waals surface area contributed by atoms with E-state index in [-0.39, 0.29) is 5.91 Å². The highest BCUT2D eigenvalue weighted by molar-refractivity contribution is 9.10. The Morgan fingerprint density at radius 2 is 2.10 bits per heavy atom. The monoisotopic (exact) mass is 354 g/mol. The summed E-state index contributed by atoms with van der Waals surface area (Å²) >= 11 is 9.38. The lowest BCUT2D eigenvalue weighted by Crippen LogP contribution is -2.13. The number of halogens is 2. The van der Waals surface area contributed by atoms with Crippen LogP contribution in [-0.4, -0.2) is 13.0 Å². The van der Waals surface area contributed by atoms with Gasteiger partial charge in [-0.3, -0.25) is 4.79 Å². The zero-order chi connectivity index (χ0) is 14.7. The first-order valence-electron chi connectivity index (χ1n) is 5.72. The molecule has 0 aliphatic heterocycles. The first kappa shape index (κ1) is 14.7. The number of rotatable bonds is 3. The van der Waals surface area contributed by atoms with Crippen molar-refractivity contribution < 1.29 is 9.53 Å². The molecular formula is C14H12BrClN2O2. The van der Waals surface area contributed by atoms with Crippen molar-refractivity contribution in [2.75, 3.05) is 18.2 Å². The number of nitrogen functional groups attached to an aromatic ring is 1. The summed E-state index contributed by atoms with van der Waals surface area (Å²) in [6.45, 7) is 0. The van der Waals surface area contributed by atoms with Crippen molar-refractivity contribution in [2.24, 2.45) is 0 Å². The second kappa shape index (κ2) is 6.15. The number of ether oxygens (including phenoxy) is 1. The van der Waals surface area contributed by atoms with Crippen molar-refractivity contribution >= 4 is 44.8 Å². The second-order valence-corrected chi connectivity index (χ2v) is 5.25. The molecule has 0 radical (unpaired) electrons. The summed E-state index contributed by atoms with van der Waals surface area (Å²) in [4.78, 5) is 12.2. The summed E-state index contributed by atoms with van der Waals surface area (Å²) in [5.41, 5.74) is 7.13. The SMILES string of the molecule is COc1cc(N)ccc1NC(=O)c1cccc(Br)c1Cl. The molecule has 6 heteroatoms. The predicted octanol–water partition coefficient (Wildman–Crippen LogP) is 3.95. The molecule has 0 aliphatic rings. The molecule has 2 aromatic carbocycles. The first-order chi connectivity index (χ1) is 9.52. The number of nitrogens with one attached hydrogen (secondary N) is 1. The van der Waals surface area contributed by atoms with Crippen LogP contribution in [0.4, 0.5) is 11.4 Å². The van der Waals surface area contributed by atoms with Crippen molar-refractivity contribution in [1.82, 2.24) is 0 Å². The van der Waals surface area contributed by atoms with Crippen LogP contribution < -0.4 is 15.8 Å². The zero-order valence-electron chi connectivity index (χ0n) is 10.6. The molecule has 2 rings (SSSR count). The lowest BCUT2D eigenvalue weighted by atomic mass is 10.2. The van der Waals surface area contributed by atoms with E-state index in [9.17, 15) is 4.79 Å². The van der Waals surface area contributed by atoms with Crippen LogP contribution in [0.5, 0.6) is 5.75 Å². The summed E-state index contributed by atoms with van der Waals surface area (Å²) in [6.07, 6.45) is 0. The minimum Gasteiger partial charge on any atom is -0.494 e. The Labute approximate surface area is 130 Å². The molecule has 0 aromatic heterocycles. The number of amides is 1. The van der Waals surface area contributed by atoms with Crippen LogP contribution in [-0.2, 0) is 0 Å². The fourth-order valence-corrected chi connectivity index (χ4v) is 2.26. The van der Waals surface area contributed by atoms with Gasteiger partial charge in [-0.2, -0.15) is 0 Å². The molecule has 2 aromatic rings. The highest BCUT2D eigenvalue weighted by Gasteiger charge is 2.14. The summed E-state index contributed by atoms with van der Waals surface area (Å²) in [7, 11) is 1.51. The topological polar surface area (TPSA) is 64.3 Å². The third-order valence-electron chi connectivity index (χ3n) is 2.67. The number of nitrogens with two attached hydrogens (primary N) is 1. The average molecular weight is 356 g/mol. The first-order valence-corrected chi connectivity index (χ1v) is 6.89. The van der Waals surface area contributed by atoms with Crippen molar-refractivity contribution in [2.45, 2.75) is 0 Å². The van der Waals surface area contributed by atoms with Crippen molar-refractivity contribution in [1.29, 1.82) is 0 Å². The highest BCUT2D eigenvalue weighted by atomic mass is 79.9. The van der Waals surface area contributed by atoms with Gasteiger partial charge >= 0.3 is 0 Å². The van der Waals surface area contributed by atoms with Gasteiger partial charge in [-0.1, -0.05) is 17.7 Å². The van der Waals surface area contributed by atoms with E-state index in [0.717, 1.165) is 0 Å². The Bertz CT molecular complexity index is 662. The normalized spacial score (nSPS) is 10.2. The van der Waals surface area contributed by atoms with E-state index in [0.29, 0.717) is 32.2 Å². The van der Waals surface area contributed by atoms with Gasteiger partial charge in [0.25, 0.3) is 5.91 Å². The molecule has 0 atom stereocenters. The van der Waals surface area contributed by atoms with Crippen LogP contribution >= 0.6 is 27.5 Å². The maximum atomic E-state index is 12.2. The van der Waals surface area contributed by atoms with Gasteiger partial charge in [0.05, 0.1) is 23.4 Å². The van der Waals surface area contributed by atoms with Gasteiger partial charge in [-0.05, 0) is 40.2 Å². The van der Waals surface area contributed by atoms with E-state index in [1.54, 1.807) is 36.4 Å². The van der Waals surface area contributed by atoms with Crippen molar-refractivity contribution in [3.8, 4) is 5.75 Å². The van der Waals surface area contributed by atoms with E-state index in [2.05, 4.69) is 21.2 Å². The molecule has 0 bridgehead atoms. The largest absolute Gasteiger partial charge is 0.494 e. The minimum absolute atomic E-state index is 0.320. The maximum absolute atomic E-state index is 12.2. The predicted molar refractivity (Wildman–Crippen MR) is 84.5 cm³/mol. The number of methoxy groups -OCH3 is 1. The molecule has 0 aliphatic carbocycles. The summed E-state index contributed by atoms with van der Waals surface area (Å²) in [5.74, 6) is 0.170. The van der Waals surface area contributed by atoms with Gasteiger partial charge in [0.15, 0.2) is 0 Å². The van der Waals surface area contributed by atoms with Crippen LogP contribution in [0.3, 0.4) is 0 Å². The van der Waals surface area contributed by atoms with Crippen LogP contribution in [0.2, 0.25) is 5.02 Å².